The molecule has 0 unspecified atom stereocenters. The molecule has 0 saturated carbocycles. The number of amides is 1. The maximum atomic E-state index is 12.6. The van der Waals surface area contributed by atoms with Gasteiger partial charge in [0, 0.05) is 13.1 Å². The van der Waals surface area contributed by atoms with E-state index in [9.17, 15) is 18.0 Å². The van der Waals surface area contributed by atoms with Crippen molar-refractivity contribution in [3.63, 3.8) is 0 Å². The molecule has 1 aliphatic rings. The van der Waals surface area contributed by atoms with Gasteiger partial charge in [-0.3, -0.25) is 9.59 Å². The molecule has 27 heavy (non-hydrogen) atoms. The van der Waals surface area contributed by atoms with Gasteiger partial charge in [-0.15, -0.1) is 0 Å². The van der Waals surface area contributed by atoms with Crippen molar-refractivity contribution in [2.24, 2.45) is 5.92 Å². The molecule has 0 radical (unpaired) electrons. The second-order valence-electron chi connectivity index (χ2n) is 6.37. The minimum atomic E-state index is -3.83. The first-order chi connectivity index (χ1) is 12.8. The molecule has 1 heterocycles. The van der Waals surface area contributed by atoms with Crippen molar-refractivity contribution in [3.05, 3.63) is 24.3 Å². The summed E-state index contributed by atoms with van der Waals surface area (Å²) in [5.41, 5.74) is 0. The van der Waals surface area contributed by atoms with E-state index < -0.39 is 16.1 Å². The highest BCUT2D eigenvalue weighted by Gasteiger charge is 2.31. The molecule has 9 heteroatoms. The topological polar surface area (TPSA) is 102 Å². The van der Waals surface area contributed by atoms with E-state index >= 15 is 0 Å². The highest BCUT2D eigenvalue weighted by molar-refractivity contribution is 7.89. The number of nitrogens with zero attached hydrogens (tertiary/aromatic N) is 1. The predicted molar refractivity (Wildman–Crippen MR) is 98.7 cm³/mol. The summed E-state index contributed by atoms with van der Waals surface area (Å²) >= 11 is 0. The van der Waals surface area contributed by atoms with Crippen LogP contribution in [0, 0.1) is 5.92 Å². The largest absolute Gasteiger partial charge is 0.497 e. The Hall–Kier alpha value is -2.13. The number of esters is 1. The molecule has 8 nitrogen and oxygen atoms in total. The number of ether oxygens (including phenoxy) is 2. The second-order valence-corrected chi connectivity index (χ2v) is 8.08. The molecule has 1 aliphatic heterocycles. The summed E-state index contributed by atoms with van der Waals surface area (Å²) in [4.78, 5) is 26.0. The number of carbonyl (C=O) groups excluding carboxylic acids is 2. The zero-order chi connectivity index (χ0) is 20.0. The summed E-state index contributed by atoms with van der Waals surface area (Å²) in [5, 5.41) is 0. The molecule has 150 valence electrons. The molecule has 1 fully saturated rings. The normalized spacial score (nSPS) is 16.6. The van der Waals surface area contributed by atoms with E-state index in [0.29, 0.717) is 38.3 Å². The summed E-state index contributed by atoms with van der Waals surface area (Å²) in [6.07, 6.45) is 1.03. The molecular formula is C18H26N2O6S. The van der Waals surface area contributed by atoms with Crippen LogP contribution in [-0.4, -0.2) is 58.0 Å². The van der Waals surface area contributed by atoms with Crippen LogP contribution in [-0.2, 0) is 24.3 Å². The van der Waals surface area contributed by atoms with E-state index in [4.69, 9.17) is 9.47 Å². The Kier molecular flexibility index (Phi) is 7.20. The molecule has 1 aromatic carbocycles. The summed E-state index contributed by atoms with van der Waals surface area (Å²) in [6, 6.07) is 5.02. The SMILES string of the molecule is CCOC(=O)C1CCN(C(=O)[C@H](C)NS(=O)(=O)c2ccc(OC)cc2)CC1. The molecular weight excluding hydrogens is 372 g/mol. The number of hydrogen-bond acceptors (Lipinski definition) is 6. The van der Waals surface area contributed by atoms with Crippen molar-refractivity contribution in [1.29, 1.82) is 0 Å². The summed E-state index contributed by atoms with van der Waals surface area (Å²) in [5.74, 6) is -0.213. The van der Waals surface area contributed by atoms with Gasteiger partial charge in [-0.1, -0.05) is 0 Å². The first kappa shape index (κ1) is 21.2. The molecule has 2 rings (SSSR count). The highest BCUT2D eigenvalue weighted by Crippen LogP contribution is 2.20. The Labute approximate surface area is 159 Å². The van der Waals surface area contributed by atoms with Crippen molar-refractivity contribution in [2.75, 3.05) is 26.8 Å². The molecule has 1 atom stereocenters. The number of piperidine rings is 1. The standard InChI is InChI=1S/C18H26N2O6S/c1-4-26-18(22)14-9-11-20(12-10-14)17(21)13(2)19-27(23,24)16-7-5-15(25-3)6-8-16/h5-8,13-14,19H,4,9-12H2,1-3H3/t13-/m0/s1. The lowest BCUT2D eigenvalue weighted by molar-refractivity contribution is -0.151. The fourth-order valence-electron chi connectivity index (χ4n) is 2.98. The third-order valence-electron chi connectivity index (χ3n) is 4.50. The Morgan fingerprint density at radius 3 is 2.33 bits per heavy atom. The Morgan fingerprint density at radius 2 is 1.81 bits per heavy atom. The van der Waals surface area contributed by atoms with Crippen LogP contribution in [0.1, 0.15) is 26.7 Å². The first-order valence-electron chi connectivity index (χ1n) is 8.90. The van der Waals surface area contributed by atoms with Crippen LogP contribution in [0.3, 0.4) is 0 Å². The second kappa shape index (κ2) is 9.18. The lowest BCUT2D eigenvalue weighted by atomic mass is 9.96. The van der Waals surface area contributed by atoms with E-state index in [1.165, 1.54) is 26.2 Å². The van der Waals surface area contributed by atoms with Gasteiger partial charge in [0.15, 0.2) is 0 Å². The van der Waals surface area contributed by atoms with Crippen LogP contribution in [0.15, 0.2) is 29.2 Å². The number of sulfonamides is 1. The van der Waals surface area contributed by atoms with Gasteiger partial charge >= 0.3 is 5.97 Å². The van der Waals surface area contributed by atoms with Crippen LogP contribution in [0.2, 0.25) is 0 Å². The van der Waals surface area contributed by atoms with E-state index in [1.54, 1.807) is 24.0 Å². The van der Waals surface area contributed by atoms with Crippen LogP contribution >= 0.6 is 0 Å². The predicted octanol–water partition coefficient (Wildman–Crippen LogP) is 1.16. The van der Waals surface area contributed by atoms with Crippen LogP contribution in [0.4, 0.5) is 0 Å². The number of likely N-dealkylation sites (tertiary alicyclic amines) is 1. The quantitative estimate of drug-likeness (QED) is 0.692. The summed E-state index contributed by atoms with van der Waals surface area (Å²) in [6.45, 7) is 4.41. The van der Waals surface area contributed by atoms with Gasteiger partial charge in [0.1, 0.15) is 5.75 Å². The van der Waals surface area contributed by atoms with Crippen molar-refractivity contribution in [3.8, 4) is 5.75 Å². The van der Waals surface area contributed by atoms with Crippen molar-refractivity contribution >= 4 is 21.9 Å². The van der Waals surface area contributed by atoms with Gasteiger partial charge in [-0.2, -0.15) is 4.72 Å². The zero-order valence-electron chi connectivity index (χ0n) is 15.8. The number of rotatable bonds is 7. The van der Waals surface area contributed by atoms with Gasteiger partial charge in [0.2, 0.25) is 15.9 Å². The van der Waals surface area contributed by atoms with Crippen LogP contribution in [0.25, 0.3) is 0 Å². The smallest absolute Gasteiger partial charge is 0.309 e. The number of carbonyl (C=O) groups is 2. The number of benzene rings is 1. The molecule has 0 bridgehead atoms. The van der Waals surface area contributed by atoms with Crippen molar-refractivity contribution in [2.45, 2.75) is 37.6 Å². The average molecular weight is 398 g/mol. The maximum Gasteiger partial charge on any atom is 0.309 e. The molecule has 1 saturated heterocycles. The zero-order valence-corrected chi connectivity index (χ0v) is 16.6. The van der Waals surface area contributed by atoms with Crippen molar-refractivity contribution < 1.29 is 27.5 Å². The average Bonchev–Trinajstić information content (AvgIpc) is 2.67. The minimum Gasteiger partial charge on any atom is -0.497 e. The lowest BCUT2D eigenvalue weighted by Gasteiger charge is -2.32. The number of methoxy groups -OCH3 is 1. The molecule has 0 spiro atoms. The van der Waals surface area contributed by atoms with Gasteiger partial charge < -0.3 is 14.4 Å². The fraction of sp³-hybridized carbons (Fsp3) is 0.556. The Balaban J connectivity index is 1.94. The first-order valence-corrected chi connectivity index (χ1v) is 10.4. The van der Waals surface area contributed by atoms with E-state index in [0.717, 1.165) is 0 Å². The van der Waals surface area contributed by atoms with Crippen LogP contribution < -0.4 is 9.46 Å². The fourth-order valence-corrected chi connectivity index (χ4v) is 4.17. The van der Waals surface area contributed by atoms with E-state index in [1.807, 2.05) is 0 Å². The van der Waals surface area contributed by atoms with Crippen LogP contribution in [0.5, 0.6) is 5.75 Å². The van der Waals surface area contributed by atoms with Gasteiger partial charge in [0.05, 0.1) is 30.6 Å². The monoisotopic (exact) mass is 398 g/mol. The molecule has 1 N–H and O–H groups in total. The molecule has 0 aromatic heterocycles. The summed E-state index contributed by atoms with van der Waals surface area (Å²) in [7, 11) is -2.33. The van der Waals surface area contributed by atoms with Crippen molar-refractivity contribution in [1.82, 2.24) is 9.62 Å². The van der Waals surface area contributed by atoms with Gasteiger partial charge in [0.25, 0.3) is 0 Å². The highest BCUT2D eigenvalue weighted by atomic mass is 32.2. The Bertz CT molecular complexity index is 755. The molecule has 1 aromatic rings. The molecule has 1 amide bonds. The molecule has 0 aliphatic carbocycles. The number of nitrogens with one attached hydrogen (secondary N) is 1. The third-order valence-corrected chi connectivity index (χ3v) is 6.06. The van der Waals surface area contributed by atoms with Gasteiger partial charge in [-0.05, 0) is 51.0 Å². The number of hydrogen-bond donors (Lipinski definition) is 1. The van der Waals surface area contributed by atoms with E-state index in [-0.39, 0.29) is 22.7 Å². The van der Waals surface area contributed by atoms with E-state index in [2.05, 4.69) is 4.72 Å². The van der Waals surface area contributed by atoms with Gasteiger partial charge in [-0.25, -0.2) is 8.42 Å². The summed E-state index contributed by atoms with van der Waals surface area (Å²) < 4.78 is 37.4. The third kappa shape index (κ3) is 5.43. The lowest BCUT2D eigenvalue weighted by Crippen LogP contribution is -2.49. The Morgan fingerprint density at radius 1 is 1.22 bits per heavy atom. The maximum absolute atomic E-state index is 12.6. The minimum absolute atomic E-state index is 0.0592.